The number of primary amides is 1. The third kappa shape index (κ3) is 4.25. The van der Waals surface area contributed by atoms with E-state index in [-0.39, 0.29) is 30.9 Å². The van der Waals surface area contributed by atoms with E-state index in [1.807, 2.05) is 18.2 Å². The fourth-order valence-corrected chi connectivity index (χ4v) is 3.85. The van der Waals surface area contributed by atoms with Crippen LogP contribution in [-0.4, -0.2) is 41.8 Å². The van der Waals surface area contributed by atoms with Crippen molar-refractivity contribution in [3.05, 3.63) is 64.3 Å². The molecule has 4 rings (SSSR count). The van der Waals surface area contributed by atoms with Crippen LogP contribution in [0.4, 0.5) is 4.39 Å². The number of halogens is 1. The Bertz CT molecular complexity index is 1340. The van der Waals surface area contributed by atoms with Crippen LogP contribution in [0.3, 0.4) is 0 Å². The number of amides is 1. The van der Waals surface area contributed by atoms with Crippen LogP contribution >= 0.6 is 11.3 Å². The molecule has 0 atom stereocenters. The van der Waals surface area contributed by atoms with Gasteiger partial charge in [-0.05, 0) is 17.7 Å². The second kappa shape index (κ2) is 8.53. The van der Waals surface area contributed by atoms with Crippen molar-refractivity contribution in [2.45, 2.75) is 13.0 Å². The SMILES string of the molecule is NC/C(=C\F)Cn1ncn(-c2cnc(-c3ccc4sc(CC(N)=O)nc4c3)cn2)c1=O. The zero-order chi connectivity index (χ0) is 22.0. The van der Waals surface area contributed by atoms with Crippen molar-refractivity contribution in [2.75, 3.05) is 6.54 Å². The number of nitrogens with zero attached hydrogens (tertiary/aromatic N) is 6. The van der Waals surface area contributed by atoms with Crippen molar-refractivity contribution in [1.29, 1.82) is 0 Å². The van der Waals surface area contributed by atoms with Gasteiger partial charge in [0.1, 0.15) is 11.3 Å². The fourth-order valence-electron chi connectivity index (χ4n) is 2.89. The van der Waals surface area contributed by atoms with Crippen molar-refractivity contribution < 1.29 is 9.18 Å². The van der Waals surface area contributed by atoms with Crippen LogP contribution < -0.4 is 17.2 Å². The molecule has 158 valence electrons. The first-order valence-corrected chi connectivity index (χ1v) is 9.93. The third-order valence-electron chi connectivity index (χ3n) is 4.44. The smallest absolute Gasteiger partial charge is 0.351 e. The zero-order valence-corrected chi connectivity index (χ0v) is 16.9. The standard InChI is InChI=1S/C19H17FN8O2S/c20-5-11(6-21)9-28-19(30)27(10-25-28)17-8-23-14(7-24-17)12-1-2-15-13(3-12)26-18(31-15)4-16(22)29/h1-3,5,7-8,10H,4,6,9,21H2,(H2,22,29)/b11-5+. The Kier molecular flexibility index (Phi) is 5.64. The second-order valence-electron chi connectivity index (χ2n) is 6.61. The lowest BCUT2D eigenvalue weighted by molar-refractivity contribution is -0.117. The minimum Gasteiger partial charge on any atom is -0.369 e. The van der Waals surface area contributed by atoms with Gasteiger partial charge in [0.25, 0.3) is 0 Å². The number of hydrogen-bond donors (Lipinski definition) is 2. The number of fused-ring (bicyclic) bond motifs is 1. The normalized spacial score (nSPS) is 11.9. The Balaban J connectivity index is 1.59. The summed E-state index contributed by atoms with van der Waals surface area (Å²) < 4.78 is 16.0. The molecule has 31 heavy (non-hydrogen) atoms. The molecule has 0 bridgehead atoms. The van der Waals surface area contributed by atoms with E-state index in [1.54, 1.807) is 0 Å². The molecular weight excluding hydrogens is 423 g/mol. The number of thiazole rings is 1. The summed E-state index contributed by atoms with van der Waals surface area (Å²) in [6, 6.07) is 5.62. The number of aromatic nitrogens is 6. The lowest BCUT2D eigenvalue weighted by Crippen LogP contribution is -2.26. The summed E-state index contributed by atoms with van der Waals surface area (Å²) in [4.78, 5) is 36.7. The molecule has 1 aromatic carbocycles. The van der Waals surface area contributed by atoms with Gasteiger partial charge < -0.3 is 11.5 Å². The molecule has 0 saturated carbocycles. The van der Waals surface area contributed by atoms with Crippen molar-refractivity contribution in [2.24, 2.45) is 11.5 Å². The number of benzene rings is 1. The van der Waals surface area contributed by atoms with Crippen molar-refractivity contribution in [3.63, 3.8) is 0 Å². The summed E-state index contributed by atoms with van der Waals surface area (Å²) in [5.41, 5.74) is 12.5. The zero-order valence-electron chi connectivity index (χ0n) is 16.1. The van der Waals surface area contributed by atoms with E-state index in [1.165, 1.54) is 34.6 Å². The molecule has 0 radical (unpaired) electrons. The number of carbonyl (C=O) groups excluding carboxylic acids is 1. The highest BCUT2D eigenvalue weighted by Crippen LogP contribution is 2.27. The first-order chi connectivity index (χ1) is 15.0. The minimum absolute atomic E-state index is 0.0162. The Morgan fingerprint density at radius 3 is 2.77 bits per heavy atom. The molecule has 0 fully saturated rings. The molecule has 0 unspecified atom stereocenters. The van der Waals surface area contributed by atoms with Crippen LogP contribution in [0.5, 0.6) is 0 Å². The van der Waals surface area contributed by atoms with Gasteiger partial charge in [0.15, 0.2) is 5.82 Å². The van der Waals surface area contributed by atoms with Gasteiger partial charge in [-0.1, -0.05) is 6.07 Å². The number of hydrogen-bond acceptors (Lipinski definition) is 8. The predicted molar refractivity (Wildman–Crippen MR) is 113 cm³/mol. The molecule has 0 saturated heterocycles. The molecule has 0 spiro atoms. The van der Waals surface area contributed by atoms with Gasteiger partial charge in [-0.2, -0.15) is 5.10 Å². The first-order valence-electron chi connectivity index (χ1n) is 9.11. The number of nitrogens with two attached hydrogens (primary N) is 2. The lowest BCUT2D eigenvalue weighted by Gasteiger charge is -2.03. The lowest BCUT2D eigenvalue weighted by atomic mass is 10.1. The molecular formula is C19H17FN8O2S. The summed E-state index contributed by atoms with van der Waals surface area (Å²) in [6.45, 7) is -0.0621. The van der Waals surface area contributed by atoms with Crippen LogP contribution in [0.1, 0.15) is 5.01 Å². The third-order valence-corrected chi connectivity index (χ3v) is 5.48. The van der Waals surface area contributed by atoms with Crippen LogP contribution in [-0.2, 0) is 17.8 Å². The van der Waals surface area contributed by atoms with Gasteiger partial charge in [0.05, 0.1) is 47.6 Å². The van der Waals surface area contributed by atoms with E-state index >= 15 is 0 Å². The molecule has 3 heterocycles. The van der Waals surface area contributed by atoms with Crippen molar-refractivity contribution in [3.8, 4) is 17.1 Å². The predicted octanol–water partition coefficient (Wildman–Crippen LogP) is 0.941. The fraction of sp³-hybridized carbons (Fsp3) is 0.158. The maximum Gasteiger partial charge on any atom is 0.351 e. The van der Waals surface area contributed by atoms with E-state index in [9.17, 15) is 14.0 Å². The average molecular weight is 440 g/mol. The van der Waals surface area contributed by atoms with Gasteiger partial charge in [0, 0.05) is 12.1 Å². The maximum absolute atomic E-state index is 12.7. The van der Waals surface area contributed by atoms with E-state index < -0.39 is 11.6 Å². The van der Waals surface area contributed by atoms with Crippen LogP contribution in [0, 0.1) is 0 Å². The molecule has 10 nitrogen and oxygen atoms in total. The van der Waals surface area contributed by atoms with E-state index in [0.717, 1.165) is 20.5 Å². The quantitative estimate of drug-likeness (QED) is 0.434. The number of rotatable bonds is 7. The van der Waals surface area contributed by atoms with E-state index in [4.69, 9.17) is 11.5 Å². The highest BCUT2D eigenvalue weighted by molar-refractivity contribution is 7.18. The van der Waals surface area contributed by atoms with Gasteiger partial charge in [-0.15, -0.1) is 11.3 Å². The molecule has 1 amide bonds. The monoisotopic (exact) mass is 440 g/mol. The summed E-state index contributed by atoms with van der Waals surface area (Å²) >= 11 is 1.41. The highest BCUT2D eigenvalue weighted by atomic mass is 32.1. The summed E-state index contributed by atoms with van der Waals surface area (Å²) in [5, 5.41) is 4.61. The van der Waals surface area contributed by atoms with Gasteiger partial charge in [-0.25, -0.2) is 28.4 Å². The molecule has 4 aromatic rings. The molecule has 3 aromatic heterocycles. The van der Waals surface area contributed by atoms with Crippen LogP contribution in [0.2, 0.25) is 0 Å². The Labute approximate surface area is 178 Å². The highest BCUT2D eigenvalue weighted by Gasteiger charge is 2.12. The largest absolute Gasteiger partial charge is 0.369 e. The average Bonchev–Trinajstić information content (AvgIpc) is 3.33. The Morgan fingerprint density at radius 2 is 2.10 bits per heavy atom. The first kappa shape index (κ1) is 20.5. The molecule has 0 aliphatic carbocycles. The molecule has 0 aliphatic rings. The van der Waals surface area contributed by atoms with E-state index in [2.05, 4.69) is 20.1 Å². The van der Waals surface area contributed by atoms with Gasteiger partial charge in [0.2, 0.25) is 5.91 Å². The Morgan fingerprint density at radius 1 is 1.26 bits per heavy atom. The Hall–Kier alpha value is -3.77. The molecule has 0 aliphatic heterocycles. The van der Waals surface area contributed by atoms with Crippen LogP contribution in [0.15, 0.2) is 53.6 Å². The summed E-state index contributed by atoms with van der Waals surface area (Å²) in [5.74, 6) is -0.156. The summed E-state index contributed by atoms with van der Waals surface area (Å²) in [6.07, 6.45) is 4.74. The molecule has 4 N–H and O–H groups in total. The maximum atomic E-state index is 12.7. The topological polar surface area (TPSA) is 148 Å². The minimum atomic E-state index is -0.485. The second-order valence-corrected chi connectivity index (χ2v) is 7.72. The van der Waals surface area contributed by atoms with Gasteiger partial charge in [-0.3, -0.25) is 9.78 Å². The number of carbonyl (C=O) groups is 1. The van der Waals surface area contributed by atoms with Crippen LogP contribution in [0.25, 0.3) is 27.3 Å². The van der Waals surface area contributed by atoms with Gasteiger partial charge >= 0.3 is 5.69 Å². The summed E-state index contributed by atoms with van der Waals surface area (Å²) in [7, 11) is 0. The van der Waals surface area contributed by atoms with Crippen molar-refractivity contribution in [1.82, 2.24) is 29.3 Å². The van der Waals surface area contributed by atoms with E-state index in [0.29, 0.717) is 17.0 Å². The molecule has 12 heteroatoms. The van der Waals surface area contributed by atoms with Crippen molar-refractivity contribution >= 4 is 27.5 Å².